The van der Waals surface area contributed by atoms with Crippen LogP contribution in [0.25, 0.3) is 11.0 Å². The van der Waals surface area contributed by atoms with Crippen LogP contribution in [0.1, 0.15) is 33.1 Å². The number of fused-ring (bicyclic) bond motifs is 1. The van der Waals surface area contributed by atoms with Crippen LogP contribution in [-0.2, 0) is 4.79 Å². The third-order valence-electron chi connectivity index (χ3n) is 4.44. The average Bonchev–Trinajstić information content (AvgIpc) is 2.52. The zero-order valence-electron chi connectivity index (χ0n) is 13.5. The molecule has 0 radical (unpaired) electrons. The van der Waals surface area contributed by atoms with Crippen molar-refractivity contribution in [2.75, 3.05) is 6.61 Å². The van der Waals surface area contributed by atoms with E-state index in [1.165, 1.54) is 6.07 Å². The molecule has 23 heavy (non-hydrogen) atoms. The second kappa shape index (κ2) is 6.44. The van der Waals surface area contributed by atoms with E-state index in [1.807, 2.05) is 11.0 Å². The van der Waals surface area contributed by atoms with Gasteiger partial charge in [-0.15, -0.1) is 0 Å². The highest BCUT2D eigenvalue weighted by atomic mass is 16.5. The third kappa shape index (κ3) is 3.38. The summed E-state index contributed by atoms with van der Waals surface area (Å²) in [5, 5.41) is 0.821. The van der Waals surface area contributed by atoms with E-state index in [0.29, 0.717) is 11.3 Å². The number of nitrogens with zero attached hydrogens (tertiary/aromatic N) is 1. The van der Waals surface area contributed by atoms with Crippen molar-refractivity contribution >= 4 is 16.9 Å². The Balaban J connectivity index is 1.70. The first-order chi connectivity index (χ1) is 11.0. The summed E-state index contributed by atoms with van der Waals surface area (Å²) in [7, 11) is 0. The van der Waals surface area contributed by atoms with Crippen LogP contribution in [0.4, 0.5) is 0 Å². The Labute approximate surface area is 134 Å². The molecule has 0 saturated carbocycles. The lowest BCUT2D eigenvalue weighted by Crippen LogP contribution is -2.49. The first-order valence-electron chi connectivity index (χ1n) is 8.02. The molecule has 5 nitrogen and oxygen atoms in total. The van der Waals surface area contributed by atoms with E-state index in [2.05, 4.69) is 13.8 Å². The van der Waals surface area contributed by atoms with Crippen molar-refractivity contribution in [2.45, 2.75) is 45.2 Å². The molecule has 0 N–H and O–H groups in total. The lowest BCUT2D eigenvalue weighted by Gasteiger charge is -2.38. The van der Waals surface area contributed by atoms with E-state index in [9.17, 15) is 9.59 Å². The number of piperidine rings is 1. The smallest absolute Gasteiger partial charge is 0.336 e. The van der Waals surface area contributed by atoms with Gasteiger partial charge in [-0.25, -0.2) is 4.79 Å². The summed E-state index contributed by atoms with van der Waals surface area (Å²) >= 11 is 0. The van der Waals surface area contributed by atoms with Crippen molar-refractivity contribution in [1.29, 1.82) is 0 Å². The van der Waals surface area contributed by atoms with Crippen molar-refractivity contribution in [3.05, 3.63) is 40.8 Å². The minimum absolute atomic E-state index is 0.000638. The Morgan fingerprint density at radius 2 is 1.91 bits per heavy atom. The Morgan fingerprint density at radius 1 is 1.22 bits per heavy atom. The van der Waals surface area contributed by atoms with Gasteiger partial charge in [0, 0.05) is 29.6 Å². The molecule has 5 heteroatoms. The van der Waals surface area contributed by atoms with Crippen LogP contribution in [0, 0.1) is 0 Å². The van der Waals surface area contributed by atoms with Gasteiger partial charge < -0.3 is 14.1 Å². The number of hydrogen-bond acceptors (Lipinski definition) is 4. The molecule has 1 saturated heterocycles. The molecule has 0 unspecified atom stereocenters. The molecule has 3 rings (SSSR count). The predicted molar refractivity (Wildman–Crippen MR) is 87.6 cm³/mol. The number of ether oxygens (including phenoxy) is 1. The van der Waals surface area contributed by atoms with Gasteiger partial charge in [-0.3, -0.25) is 4.79 Å². The number of carbonyl (C=O) groups excluding carboxylic acids is 1. The Morgan fingerprint density at radius 3 is 2.65 bits per heavy atom. The highest BCUT2D eigenvalue weighted by Gasteiger charge is 2.28. The average molecular weight is 315 g/mol. The van der Waals surface area contributed by atoms with Gasteiger partial charge in [0.25, 0.3) is 5.91 Å². The molecule has 122 valence electrons. The van der Waals surface area contributed by atoms with Crippen LogP contribution in [0.3, 0.4) is 0 Å². The number of benzene rings is 1. The molecule has 0 spiro atoms. The number of amides is 1. The Bertz CT molecular complexity index is 757. The molecule has 2 atom stereocenters. The zero-order valence-corrected chi connectivity index (χ0v) is 13.5. The first kappa shape index (κ1) is 15.6. The van der Waals surface area contributed by atoms with Crippen molar-refractivity contribution in [3.8, 4) is 5.75 Å². The van der Waals surface area contributed by atoms with E-state index in [1.54, 1.807) is 18.2 Å². The highest BCUT2D eigenvalue weighted by Crippen LogP contribution is 2.23. The van der Waals surface area contributed by atoms with Gasteiger partial charge in [-0.05, 0) is 51.3 Å². The molecule has 1 aliphatic heterocycles. The SMILES string of the molecule is C[C@@H]1CCC[C@@H](C)N1C(=O)COc1ccc2ccc(=O)oc2c1. The van der Waals surface area contributed by atoms with Crippen LogP contribution < -0.4 is 10.4 Å². The van der Waals surface area contributed by atoms with Gasteiger partial charge in [0.15, 0.2) is 6.61 Å². The summed E-state index contributed by atoms with van der Waals surface area (Å²) in [6.07, 6.45) is 3.24. The van der Waals surface area contributed by atoms with Gasteiger partial charge in [-0.2, -0.15) is 0 Å². The molecule has 1 aliphatic rings. The van der Waals surface area contributed by atoms with E-state index >= 15 is 0 Å². The van der Waals surface area contributed by atoms with Gasteiger partial charge in [-0.1, -0.05) is 0 Å². The third-order valence-corrected chi connectivity index (χ3v) is 4.44. The van der Waals surface area contributed by atoms with Crippen LogP contribution in [-0.4, -0.2) is 29.5 Å². The van der Waals surface area contributed by atoms with Crippen molar-refractivity contribution in [1.82, 2.24) is 4.90 Å². The molecule has 2 aromatic rings. The van der Waals surface area contributed by atoms with E-state index in [0.717, 1.165) is 24.6 Å². The van der Waals surface area contributed by atoms with Crippen molar-refractivity contribution in [2.24, 2.45) is 0 Å². The summed E-state index contributed by atoms with van der Waals surface area (Å²) < 4.78 is 10.7. The van der Waals surface area contributed by atoms with Crippen LogP contribution in [0.5, 0.6) is 5.75 Å². The molecular weight excluding hydrogens is 294 g/mol. The standard InChI is InChI=1S/C18H21NO4/c1-12-4-3-5-13(2)19(12)17(20)11-22-15-8-6-14-7-9-18(21)23-16(14)10-15/h6-10,12-13H,3-5,11H2,1-2H3/t12-,13-/m1/s1. The quantitative estimate of drug-likeness (QED) is 0.817. The number of rotatable bonds is 3. The van der Waals surface area contributed by atoms with E-state index in [4.69, 9.17) is 9.15 Å². The minimum atomic E-state index is -0.401. The maximum atomic E-state index is 12.4. The fraction of sp³-hybridized carbons (Fsp3) is 0.444. The summed E-state index contributed by atoms with van der Waals surface area (Å²) in [6, 6.07) is 8.82. The molecule has 1 aromatic carbocycles. The summed E-state index contributed by atoms with van der Waals surface area (Å²) in [4.78, 5) is 25.6. The maximum Gasteiger partial charge on any atom is 0.336 e. The van der Waals surface area contributed by atoms with Crippen molar-refractivity contribution in [3.63, 3.8) is 0 Å². The lowest BCUT2D eigenvalue weighted by molar-refractivity contribution is -0.139. The van der Waals surface area contributed by atoms with E-state index in [-0.39, 0.29) is 24.6 Å². The molecule has 0 aliphatic carbocycles. The van der Waals surface area contributed by atoms with Crippen LogP contribution in [0.2, 0.25) is 0 Å². The predicted octanol–water partition coefficient (Wildman–Crippen LogP) is 2.96. The summed E-state index contributed by atoms with van der Waals surface area (Å²) in [6.45, 7) is 4.16. The second-order valence-corrected chi connectivity index (χ2v) is 6.17. The fourth-order valence-corrected chi connectivity index (χ4v) is 3.26. The molecular formula is C18H21NO4. The van der Waals surface area contributed by atoms with Crippen molar-refractivity contribution < 1.29 is 13.9 Å². The minimum Gasteiger partial charge on any atom is -0.484 e. The summed E-state index contributed by atoms with van der Waals surface area (Å²) in [5.41, 5.74) is 0.0591. The normalized spacial score (nSPS) is 21.4. The molecule has 2 heterocycles. The number of likely N-dealkylation sites (tertiary alicyclic amines) is 1. The fourth-order valence-electron chi connectivity index (χ4n) is 3.26. The molecule has 1 fully saturated rings. The lowest BCUT2D eigenvalue weighted by atomic mass is 9.97. The maximum absolute atomic E-state index is 12.4. The van der Waals surface area contributed by atoms with E-state index < -0.39 is 5.63 Å². The first-order valence-corrected chi connectivity index (χ1v) is 8.02. The second-order valence-electron chi connectivity index (χ2n) is 6.17. The van der Waals surface area contributed by atoms with Gasteiger partial charge in [0.05, 0.1) is 0 Å². The van der Waals surface area contributed by atoms with Gasteiger partial charge in [0.1, 0.15) is 11.3 Å². The van der Waals surface area contributed by atoms with Gasteiger partial charge >= 0.3 is 5.63 Å². The Hall–Kier alpha value is -2.30. The van der Waals surface area contributed by atoms with Crippen LogP contribution >= 0.6 is 0 Å². The highest BCUT2D eigenvalue weighted by molar-refractivity contribution is 5.80. The summed E-state index contributed by atoms with van der Waals surface area (Å²) in [5.74, 6) is 0.525. The number of carbonyl (C=O) groups is 1. The molecule has 1 aromatic heterocycles. The topological polar surface area (TPSA) is 59.8 Å². The Kier molecular flexibility index (Phi) is 4.37. The van der Waals surface area contributed by atoms with Crippen LogP contribution in [0.15, 0.2) is 39.5 Å². The largest absolute Gasteiger partial charge is 0.484 e. The molecule has 0 bridgehead atoms. The molecule has 1 amide bonds. The monoisotopic (exact) mass is 315 g/mol. The zero-order chi connectivity index (χ0) is 16.4. The van der Waals surface area contributed by atoms with Gasteiger partial charge in [0.2, 0.25) is 0 Å². The number of hydrogen-bond donors (Lipinski definition) is 0.